The molecular weight excluding hydrogens is 262 g/mol. The van der Waals surface area contributed by atoms with Crippen LogP contribution in [0, 0.1) is 5.92 Å². The third-order valence-electron chi connectivity index (χ3n) is 4.92. The van der Waals surface area contributed by atoms with Crippen LogP contribution >= 0.6 is 0 Å². The van der Waals surface area contributed by atoms with E-state index in [4.69, 9.17) is 0 Å². The molecule has 0 aromatic carbocycles. The third-order valence-corrected chi connectivity index (χ3v) is 4.92. The van der Waals surface area contributed by atoms with Gasteiger partial charge in [0, 0.05) is 31.5 Å². The van der Waals surface area contributed by atoms with Gasteiger partial charge in [0.05, 0.1) is 11.3 Å². The number of carbonyl (C=O) groups is 1. The predicted molar refractivity (Wildman–Crippen MR) is 84.4 cm³/mol. The number of hydrogen-bond donors (Lipinski definition) is 1. The van der Waals surface area contributed by atoms with E-state index in [1.807, 2.05) is 13.0 Å². The molecule has 2 unspecified atom stereocenters. The van der Waals surface area contributed by atoms with Crippen LogP contribution in [0.25, 0.3) is 0 Å². The first-order chi connectivity index (χ1) is 10.3. The summed E-state index contributed by atoms with van der Waals surface area (Å²) in [5.41, 5.74) is 1.64. The van der Waals surface area contributed by atoms with Crippen LogP contribution < -0.4 is 5.32 Å². The van der Waals surface area contributed by atoms with Crippen molar-refractivity contribution in [2.24, 2.45) is 5.92 Å². The van der Waals surface area contributed by atoms with Crippen molar-refractivity contribution in [3.8, 4) is 0 Å². The Kier molecular flexibility index (Phi) is 4.42. The average molecular weight is 287 g/mol. The van der Waals surface area contributed by atoms with Crippen molar-refractivity contribution in [3.05, 3.63) is 24.0 Å². The van der Waals surface area contributed by atoms with Crippen LogP contribution in [0.2, 0.25) is 0 Å². The standard InChI is InChI=1S/C17H25N3O/c1-2-19-15-9-10-18-12-14(15)17(21)20-11-5-7-13-6-3-4-8-16(13)20/h9-10,12-13,16H,2-8,11H2,1H3,(H,18,19). The second-order valence-corrected chi connectivity index (χ2v) is 6.20. The van der Waals surface area contributed by atoms with Crippen molar-refractivity contribution in [2.45, 2.75) is 51.5 Å². The molecule has 4 nitrogen and oxygen atoms in total. The molecule has 21 heavy (non-hydrogen) atoms. The molecule has 1 aliphatic heterocycles. The number of likely N-dealkylation sites (tertiary alicyclic amines) is 1. The molecule has 2 fully saturated rings. The van der Waals surface area contributed by atoms with Gasteiger partial charge in [0.15, 0.2) is 0 Å². The molecule has 1 amide bonds. The minimum absolute atomic E-state index is 0.163. The van der Waals surface area contributed by atoms with Crippen LogP contribution in [0.1, 0.15) is 55.8 Å². The van der Waals surface area contributed by atoms with Gasteiger partial charge in [0.1, 0.15) is 0 Å². The molecule has 2 heterocycles. The smallest absolute Gasteiger partial charge is 0.257 e. The molecule has 1 aliphatic carbocycles. The van der Waals surface area contributed by atoms with Crippen LogP contribution in [-0.4, -0.2) is 34.9 Å². The quantitative estimate of drug-likeness (QED) is 0.927. The maximum Gasteiger partial charge on any atom is 0.257 e. The highest BCUT2D eigenvalue weighted by molar-refractivity contribution is 5.99. The van der Waals surface area contributed by atoms with Crippen LogP contribution in [0.3, 0.4) is 0 Å². The minimum Gasteiger partial charge on any atom is -0.385 e. The normalized spacial score (nSPS) is 25.3. The summed E-state index contributed by atoms with van der Waals surface area (Å²) in [6.07, 6.45) is 11.0. The van der Waals surface area contributed by atoms with Gasteiger partial charge in [-0.05, 0) is 44.6 Å². The Bertz CT molecular complexity index is 501. The molecule has 3 rings (SSSR count). The molecule has 2 atom stereocenters. The van der Waals surface area contributed by atoms with Crippen LogP contribution in [0.5, 0.6) is 0 Å². The van der Waals surface area contributed by atoms with Crippen LogP contribution in [0.4, 0.5) is 5.69 Å². The first kappa shape index (κ1) is 14.4. The van der Waals surface area contributed by atoms with Gasteiger partial charge in [-0.3, -0.25) is 9.78 Å². The number of hydrogen-bond acceptors (Lipinski definition) is 3. The van der Waals surface area contributed by atoms with Gasteiger partial charge in [-0.15, -0.1) is 0 Å². The van der Waals surface area contributed by atoms with Gasteiger partial charge >= 0.3 is 0 Å². The highest BCUT2D eigenvalue weighted by Gasteiger charge is 2.36. The Morgan fingerprint density at radius 1 is 1.33 bits per heavy atom. The van der Waals surface area contributed by atoms with Gasteiger partial charge in [-0.2, -0.15) is 0 Å². The van der Waals surface area contributed by atoms with E-state index in [1.54, 1.807) is 12.4 Å². The Morgan fingerprint density at radius 2 is 2.14 bits per heavy atom. The average Bonchev–Trinajstić information content (AvgIpc) is 2.54. The molecule has 0 bridgehead atoms. The summed E-state index contributed by atoms with van der Waals surface area (Å²) in [6, 6.07) is 2.36. The molecule has 2 aliphatic rings. The first-order valence-electron chi connectivity index (χ1n) is 8.30. The largest absolute Gasteiger partial charge is 0.385 e. The SMILES string of the molecule is CCNc1ccncc1C(=O)N1CCCC2CCCCC21. The molecule has 4 heteroatoms. The maximum absolute atomic E-state index is 13.0. The van der Waals surface area contributed by atoms with Gasteiger partial charge in [-0.1, -0.05) is 12.8 Å². The fraction of sp³-hybridized carbons (Fsp3) is 0.647. The molecule has 1 saturated heterocycles. The molecule has 114 valence electrons. The van der Waals surface area contributed by atoms with Gasteiger partial charge in [-0.25, -0.2) is 0 Å². The topological polar surface area (TPSA) is 45.2 Å². The molecule has 1 aromatic rings. The summed E-state index contributed by atoms with van der Waals surface area (Å²) < 4.78 is 0. The lowest BCUT2D eigenvalue weighted by Crippen LogP contribution is -2.49. The summed E-state index contributed by atoms with van der Waals surface area (Å²) in [7, 11) is 0. The number of anilines is 1. The molecular formula is C17H25N3O. The Morgan fingerprint density at radius 3 is 3.00 bits per heavy atom. The van der Waals surface area contributed by atoms with E-state index in [2.05, 4.69) is 15.2 Å². The van der Waals surface area contributed by atoms with E-state index >= 15 is 0 Å². The molecule has 1 aromatic heterocycles. The Labute approximate surface area is 126 Å². The van der Waals surface area contributed by atoms with E-state index < -0.39 is 0 Å². The zero-order valence-corrected chi connectivity index (χ0v) is 12.8. The molecule has 1 N–H and O–H groups in total. The Balaban J connectivity index is 1.83. The number of nitrogens with zero attached hydrogens (tertiary/aromatic N) is 2. The van der Waals surface area contributed by atoms with E-state index in [1.165, 1.54) is 32.1 Å². The lowest BCUT2D eigenvalue weighted by atomic mass is 9.78. The van der Waals surface area contributed by atoms with Crippen molar-refractivity contribution in [1.82, 2.24) is 9.88 Å². The fourth-order valence-corrected chi connectivity index (χ4v) is 3.94. The number of amides is 1. The molecule has 0 radical (unpaired) electrons. The summed E-state index contributed by atoms with van der Waals surface area (Å²) in [5, 5.41) is 3.28. The van der Waals surface area contributed by atoms with E-state index in [0.29, 0.717) is 6.04 Å². The second kappa shape index (κ2) is 6.46. The number of piperidine rings is 1. The Hall–Kier alpha value is -1.58. The summed E-state index contributed by atoms with van der Waals surface area (Å²) in [5.74, 6) is 0.881. The van der Waals surface area contributed by atoms with Crippen molar-refractivity contribution in [1.29, 1.82) is 0 Å². The predicted octanol–water partition coefficient (Wildman–Crippen LogP) is 3.31. The summed E-state index contributed by atoms with van der Waals surface area (Å²) >= 11 is 0. The second-order valence-electron chi connectivity index (χ2n) is 6.20. The number of pyridine rings is 1. The lowest BCUT2D eigenvalue weighted by molar-refractivity contribution is 0.0391. The van der Waals surface area contributed by atoms with Crippen LogP contribution in [0.15, 0.2) is 18.5 Å². The molecule has 0 spiro atoms. The number of rotatable bonds is 3. The van der Waals surface area contributed by atoms with E-state index in [9.17, 15) is 4.79 Å². The minimum atomic E-state index is 0.163. The zero-order chi connectivity index (χ0) is 14.7. The van der Waals surface area contributed by atoms with Crippen LogP contribution in [-0.2, 0) is 0 Å². The first-order valence-corrected chi connectivity index (χ1v) is 8.30. The number of carbonyl (C=O) groups excluding carboxylic acids is 1. The van der Waals surface area contributed by atoms with Crippen molar-refractivity contribution in [3.63, 3.8) is 0 Å². The number of aromatic nitrogens is 1. The van der Waals surface area contributed by atoms with E-state index in [0.717, 1.165) is 36.7 Å². The molecule has 1 saturated carbocycles. The van der Waals surface area contributed by atoms with Gasteiger partial charge < -0.3 is 10.2 Å². The monoisotopic (exact) mass is 287 g/mol. The van der Waals surface area contributed by atoms with Gasteiger partial charge in [0.2, 0.25) is 0 Å². The van der Waals surface area contributed by atoms with Crippen molar-refractivity contribution in [2.75, 3.05) is 18.4 Å². The third kappa shape index (κ3) is 2.89. The van der Waals surface area contributed by atoms with Gasteiger partial charge in [0.25, 0.3) is 5.91 Å². The summed E-state index contributed by atoms with van der Waals surface area (Å²) in [4.78, 5) is 19.3. The highest BCUT2D eigenvalue weighted by atomic mass is 16.2. The number of fused-ring (bicyclic) bond motifs is 1. The highest BCUT2D eigenvalue weighted by Crippen LogP contribution is 2.36. The summed E-state index contributed by atoms with van der Waals surface area (Å²) in [6.45, 7) is 3.77. The van der Waals surface area contributed by atoms with Crippen molar-refractivity contribution >= 4 is 11.6 Å². The maximum atomic E-state index is 13.0. The number of nitrogens with one attached hydrogen (secondary N) is 1. The van der Waals surface area contributed by atoms with Crippen molar-refractivity contribution < 1.29 is 4.79 Å². The fourth-order valence-electron chi connectivity index (χ4n) is 3.94. The lowest BCUT2D eigenvalue weighted by Gasteiger charge is -2.44. The zero-order valence-electron chi connectivity index (χ0n) is 12.8. The van der Waals surface area contributed by atoms with E-state index in [-0.39, 0.29) is 5.91 Å².